The molecule has 0 spiro atoms. The second kappa shape index (κ2) is 8.80. The predicted octanol–water partition coefficient (Wildman–Crippen LogP) is 2.62. The number of nitrogens with zero attached hydrogens (tertiary/aromatic N) is 2. The van der Waals surface area contributed by atoms with Crippen LogP contribution < -0.4 is 0 Å². The van der Waals surface area contributed by atoms with Crippen LogP contribution >= 0.6 is 0 Å². The summed E-state index contributed by atoms with van der Waals surface area (Å²) in [6.45, 7) is 10.4. The molecule has 0 unspecified atom stereocenters. The van der Waals surface area contributed by atoms with Gasteiger partial charge in [-0.3, -0.25) is 0 Å². The molecule has 0 atom stereocenters. The smallest absolute Gasteiger partial charge is 0.0624 e. The normalized spacial score (nSPS) is 32.1. The quantitative estimate of drug-likeness (QED) is 0.719. The number of likely N-dealkylation sites (tertiary alicyclic amines) is 2. The largest absolute Gasteiger partial charge is 0.378 e. The van der Waals surface area contributed by atoms with E-state index in [9.17, 15) is 0 Å². The van der Waals surface area contributed by atoms with E-state index in [1.54, 1.807) is 0 Å². The van der Waals surface area contributed by atoms with E-state index < -0.39 is 0 Å². The van der Waals surface area contributed by atoms with Crippen molar-refractivity contribution in [2.75, 3.05) is 53.0 Å². The van der Waals surface area contributed by atoms with E-state index in [2.05, 4.69) is 23.8 Å². The fourth-order valence-electron chi connectivity index (χ4n) is 4.24. The minimum atomic E-state index is 0.474. The Hall–Kier alpha value is -0.160. The number of rotatable bonds is 7. The van der Waals surface area contributed by atoms with Gasteiger partial charge in [0.25, 0.3) is 0 Å². The van der Waals surface area contributed by atoms with Crippen molar-refractivity contribution < 1.29 is 9.47 Å². The molecule has 0 aromatic heterocycles. The molecule has 3 aliphatic rings. The zero-order valence-electron chi connectivity index (χ0n) is 15.2. The van der Waals surface area contributed by atoms with Gasteiger partial charge >= 0.3 is 0 Å². The summed E-state index contributed by atoms with van der Waals surface area (Å²) in [5.74, 6) is 1.72. The van der Waals surface area contributed by atoms with Gasteiger partial charge in [-0.05, 0) is 90.5 Å². The first kappa shape index (κ1) is 17.7. The lowest BCUT2D eigenvalue weighted by molar-refractivity contribution is -0.108. The molecule has 3 rings (SSSR count). The third-order valence-electron chi connectivity index (χ3n) is 6.08. The van der Waals surface area contributed by atoms with Gasteiger partial charge in [0, 0.05) is 19.8 Å². The molecule has 1 saturated carbocycles. The Bertz CT molecular complexity index is 330. The van der Waals surface area contributed by atoms with Crippen molar-refractivity contribution in [2.24, 2.45) is 11.8 Å². The Labute approximate surface area is 142 Å². The topological polar surface area (TPSA) is 24.9 Å². The van der Waals surface area contributed by atoms with Gasteiger partial charge in [-0.25, -0.2) is 0 Å². The summed E-state index contributed by atoms with van der Waals surface area (Å²) in [7, 11) is 2.25. The highest BCUT2D eigenvalue weighted by atomic mass is 16.5. The van der Waals surface area contributed by atoms with Gasteiger partial charge < -0.3 is 19.3 Å². The van der Waals surface area contributed by atoms with Crippen LogP contribution in [-0.2, 0) is 9.47 Å². The second-order valence-electron chi connectivity index (χ2n) is 7.99. The van der Waals surface area contributed by atoms with E-state index in [-0.39, 0.29) is 0 Å². The number of hydrogen-bond acceptors (Lipinski definition) is 4. The van der Waals surface area contributed by atoms with Crippen molar-refractivity contribution in [1.29, 1.82) is 0 Å². The van der Waals surface area contributed by atoms with Crippen LogP contribution in [0.1, 0.15) is 45.4 Å². The maximum Gasteiger partial charge on any atom is 0.0624 e. The molecule has 4 heteroatoms. The van der Waals surface area contributed by atoms with Gasteiger partial charge in [-0.2, -0.15) is 0 Å². The van der Waals surface area contributed by atoms with Crippen molar-refractivity contribution in [3.8, 4) is 0 Å². The number of hydrogen-bond donors (Lipinski definition) is 0. The van der Waals surface area contributed by atoms with Gasteiger partial charge in [0.05, 0.1) is 12.2 Å². The molecule has 2 aliphatic heterocycles. The lowest BCUT2D eigenvalue weighted by atomic mass is 9.91. The van der Waals surface area contributed by atoms with Crippen molar-refractivity contribution in [2.45, 2.75) is 57.7 Å². The molecule has 0 amide bonds. The van der Waals surface area contributed by atoms with E-state index >= 15 is 0 Å². The summed E-state index contributed by atoms with van der Waals surface area (Å²) in [6, 6.07) is 0. The molecule has 1 aliphatic carbocycles. The lowest BCUT2D eigenvalue weighted by Crippen LogP contribution is -2.42. The Kier molecular flexibility index (Phi) is 6.75. The minimum absolute atomic E-state index is 0.474. The molecule has 0 bridgehead atoms. The first-order valence-electron chi connectivity index (χ1n) is 9.87. The highest BCUT2D eigenvalue weighted by Crippen LogP contribution is 2.28. The van der Waals surface area contributed by atoms with E-state index in [0.29, 0.717) is 12.2 Å². The standard InChI is InChI=1S/C19H36N2O2/c1-3-22-18-12-19(13-18)23-15-17-6-10-21(11-7-17)14-16-4-8-20(2)9-5-16/h16-19H,3-15H2,1-2H3. The van der Waals surface area contributed by atoms with Gasteiger partial charge in [0.15, 0.2) is 0 Å². The molecule has 23 heavy (non-hydrogen) atoms. The van der Waals surface area contributed by atoms with Gasteiger partial charge in [0.2, 0.25) is 0 Å². The van der Waals surface area contributed by atoms with Crippen molar-refractivity contribution in [3.05, 3.63) is 0 Å². The monoisotopic (exact) mass is 324 g/mol. The van der Waals surface area contributed by atoms with Crippen LogP contribution in [0, 0.1) is 11.8 Å². The summed E-state index contributed by atoms with van der Waals surface area (Å²) in [5.41, 5.74) is 0. The Morgan fingerprint density at radius 1 is 0.826 bits per heavy atom. The Morgan fingerprint density at radius 3 is 2.09 bits per heavy atom. The van der Waals surface area contributed by atoms with E-state index in [1.807, 2.05) is 0 Å². The third kappa shape index (κ3) is 5.42. The molecular weight excluding hydrogens is 288 g/mol. The van der Waals surface area contributed by atoms with Crippen molar-refractivity contribution in [3.63, 3.8) is 0 Å². The van der Waals surface area contributed by atoms with E-state index in [4.69, 9.17) is 9.47 Å². The molecule has 0 aromatic rings. The molecule has 4 nitrogen and oxygen atoms in total. The summed E-state index contributed by atoms with van der Waals surface area (Å²) < 4.78 is 11.7. The molecule has 2 heterocycles. The fourth-order valence-corrected chi connectivity index (χ4v) is 4.24. The zero-order valence-corrected chi connectivity index (χ0v) is 15.2. The third-order valence-corrected chi connectivity index (χ3v) is 6.08. The molecule has 0 aromatic carbocycles. The second-order valence-corrected chi connectivity index (χ2v) is 7.99. The summed E-state index contributed by atoms with van der Waals surface area (Å²) >= 11 is 0. The van der Waals surface area contributed by atoms with Crippen LogP contribution in [0.25, 0.3) is 0 Å². The summed E-state index contributed by atoms with van der Waals surface area (Å²) in [5, 5.41) is 0. The maximum absolute atomic E-state index is 6.09. The van der Waals surface area contributed by atoms with Crippen LogP contribution in [0.4, 0.5) is 0 Å². The Morgan fingerprint density at radius 2 is 1.43 bits per heavy atom. The van der Waals surface area contributed by atoms with Crippen molar-refractivity contribution >= 4 is 0 Å². The highest BCUT2D eigenvalue weighted by Gasteiger charge is 2.31. The van der Waals surface area contributed by atoms with Gasteiger partial charge in [0.1, 0.15) is 0 Å². The van der Waals surface area contributed by atoms with Crippen LogP contribution in [0.15, 0.2) is 0 Å². The first-order valence-corrected chi connectivity index (χ1v) is 9.87. The summed E-state index contributed by atoms with van der Waals surface area (Å²) in [6.07, 6.45) is 8.61. The van der Waals surface area contributed by atoms with Crippen LogP contribution in [0.3, 0.4) is 0 Å². The van der Waals surface area contributed by atoms with E-state index in [1.165, 1.54) is 58.4 Å². The molecular formula is C19H36N2O2. The Balaban J connectivity index is 1.24. The number of piperidine rings is 2. The SMILES string of the molecule is CCOC1CC(OCC2CCN(CC3CCN(C)CC3)CC2)C1. The molecule has 2 saturated heterocycles. The first-order chi connectivity index (χ1) is 11.2. The molecule has 134 valence electrons. The van der Waals surface area contributed by atoms with Crippen LogP contribution in [0.2, 0.25) is 0 Å². The van der Waals surface area contributed by atoms with Crippen molar-refractivity contribution in [1.82, 2.24) is 9.80 Å². The lowest BCUT2D eigenvalue weighted by Gasteiger charge is -2.38. The average molecular weight is 325 g/mol. The molecule has 3 fully saturated rings. The van der Waals surface area contributed by atoms with Crippen LogP contribution in [-0.4, -0.2) is 75.0 Å². The zero-order chi connectivity index (χ0) is 16.1. The molecule has 0 radical (unpaired) electrons. The average Bonchev–Trinajstić information content (AvgIpc) is 2.53. The van der Waals surface area contributed by atoms with Crippen LogP contribution in [0.5, 0.6) is 0 Å². The predicted molar refractivity (Wildman–Crippen MR) is 93.8 cm³/mol. The van der Waals surface area contributed by atoms with Gasteiger partial charge in [-0.1, -0.05) is 0 Å². The van der Waals surface area contributed by atoms with Gasteiger partial charge in [-0.15, -0.1) is 0 Å². The maximum atomic E-state index is 6.09. The minimum Gasteiger partial charge on any atom is -0.378 e. The van der Waals surface area contributed by atoms with E-state index in [0.717, 1.165) is 37.9 Å². The number of ether oxygens (including phenoxy) is 2. The fraction of sp³-hybridized carbons (Fsp3) is 1.00. The molecule has 0 N–H and O–H groups in total. The summed E-state index contributed by atoms with van der Waals surface area (Å²) in [4.78, 5) is 5.18. The highest BCUT2D eigenvalue weighted by molar-refractivity contribution is 4.82.